The summed E-state index contributed by atoms with van der Waals surface area (Å²) < 4.78 is 0. The van der Waals surface area contributed by atoms with Gasteiger partial charge in [0.1, 0.15) is 0 Å². The SMILES string of the molecule is N[C@@H](Cc1ccc(Cl)cc1)C(=O)Nc1n[nH]c(-c2ccncc2)n1. The molecular weight excluding hydrogens is 328 g/mol. The van der Waals surface area contributed by atoms with Crippen molar-refractivity contribution in [2.45, 2.75) is 12.5 Å². The van der Waals surface area contributed by atoms with Gasteiger partial charge in [0.25, 0.3) is 0 Å². The maximum absolute atomic E-state index is 12.2. The second-order valence-electron chi connectivity index (χ2n) is 5.17. The molecule has 1 atom stereocenters. The number of carbonyl (C=O) groups excluding carboxylic acids is 1. The van der Waals surface area contributed by atoms with Crippen LogP contribution in [0.25, 0.3) is 11.4 Å². The number of hydrogen-bond acceptors (Lipinski definition) is 5. The third-order valence-corrected chi connectivity index (χ3v) is 3.63. The third kappa shape index (κ3) is 3.95. The molecule has 1 aromatic carbocycles. The van der Waals surface area contributed by atoms with Gasteiger partial charge in [-0.05, 0) is 36.2 Å². The Morgan fingerprint density at radius 3 is 2.62 bits per heavy atom. The number of benzene rings is 1. The predicted octanol–water partition coefficient (Wildman–Crippen LogP) is 2.03. The topological polar surface area (TPSA) is 110 Å². The molecule has 0 aliphatic carbocycles. The molecule has 1 amide bonds. The molecule has 7 nitrogen and oxygen atoms in total. The molecule has 0 unspecified atom stereocenters. The minimum absolute atomic E-state index is 0.179. The zero-order valence-corrected chi connectivity index (χ0v) is 13.4. The number of aromatic amines is 1. The standard InChI is InChI=1S/C16H15ClN6O/c17-12-3-1-10(2-4-12)9-13(18)15(24)21-16-20-14(22-23-16)11-5-7-19-8-6-11/h1-8,13H,9,18H2,(H2,20,21,22,23,24)/t13-/m0/s1. The van der Waals surface area contributed by atoms with Crippen LogP contribution in [0, 0.1) is 0 Å². The number of nitrogens with zero attached hydrogens (tertiary/aromatic N) is 3. The summed E-state index contributed by atoms with van der Waals surface area (Å²) in [6.45, 7) is 0. The highest BCUT2D eigenvalue weighted by Crippen LogP contribution is 2.15. The molecule has 0 saturated heterocycles. The second kappa shape index (κ2) is 7.20. The van der Waals surface area contributed by atoms with E-state index in [4.69, 9.17) is 17.3 Å². The van der Waals surface area contributed by atoms with Crippen molar-refractivity contribution in [2.75, 3.05) is 5.32 Å². The number of H-pyrrole nitrogens is 1. The van der Waals surface area contributed by atoms with Gasteiger partial charge in [-0.15, -0.1) is 5.10 Å². The van der Waals surface area contributed by atoms with Gasteiger partial charge in [-0.3, -0.25) is 20.2 Å². The predicted molar refractivity (Wildman–Crippen MR) is 91.4 cm³/mol. The maximum atomic E-state index is 12.2. The number of nitrogens with two attached hydrogens (primary N) is 1. The van der Waals surface area contributed by atoms with E-state index in [1.165, 1.54) is 0 Å². The monoisotopic (exact) mass is 342 g/mol. The average Bonchev–Trinajstić information content (AvgIpc) is 3.06. The number of nitrogens with one attached hydrogen (secondary N) is 2. The molecule has 3 aromatic rings. The van der Waals surface area contributed by atoms with Crippen LogP contribution in [0.4, 0.5) is 5.95 Å². The normalized spacial score (nSPS) is 11.9. The first kappa shape index (κ1) is 16.1. The van der Waals surface area contributed by atoms with Crippen molar-refractivity contribution in [1.29, 1.82) is 0 Å². The number of halogens is 1. The van der Waals surface area contributed by atoms with E-state index in [2.05, 4.69) is 25.5 Å². The average molecular weight is 343 g/mol. The minimum atomic E-state index is -0.714. The lowest BCUT2D eigenvalue weighted by Gasteiger charge is -2.10. The van der Waals surface area contributed by atoms with Gasteiger partial charge in [0.2, 0.25) is 11.9 Å². The Morgan fingerprint density at radius 2 is 1.92 bits per heavy atom. The maximum Gasteiger partial charge on any atom is 0.249 e. The van der Waals surface area contributed by atoms with Gasteiger partial charge >= 0.3 is 0 Å². The molecule has 0 bridgehead atoms. The van der Waals surface area contributed by atoms with Gasteiger partial charge in [0.15, 0.2) is 5.82 Å². The molecule has 0 aliphatic rings. The number of aromatic nitrogens is 4. The van der Waals surface area contributed by atoms with E-state index < -0.39 is 6.04 Å². The van der Waals surface area contributed by atoms with Gasteiger partial charge in [-0.25, -0.2) is 0 Å². The molecule has 122 valence electrons. The fourth-order valence-electron chi connectivity index (χ4n) is 2.13. The Morgan fingerprint density at radius 1 is 1.21 bits per heavy atom. The van der Waals surface area contributed by atoms with Crippen LogP contribution < -0.4 is 11.1 Å². The summed E-state index contributed by atoms with van der Waals surface area (Å²) in [5.74, 6) is 0.363. The van der Waals surface area contributed by atoms with Gasteiger partial charge in [0, 0.05) is 23.0 Å². The zero-order valence-electron chi connectivity index (χ0n) is 12.6. The fourth-order valence-corrected chi connectivity index (χ4v) is 2.25. The molecule has 2 heterocycles. The first-order chi connectivity index (χ1) is 11.6. The van der Waals surface area contributed by atoms with E-state index in [1.54, 1.807) is 36.7 Å². The summed E-state index contributed by atoms with van der Waals surface area (Å²) in [7, 11) is 0. The summed E-state index contributed by atoms with van der Waals surface area (Å²) in [6.07, 6.45) is 3.70. The smallest absolute Gasteiger partial charge is 0.249 e. The quantitative estimate of drug-likeness (QED) is 0.657. The zero-order chi connectivity index (χ0) is 16.9. The van der Waals surface area contributed by atoms with Crippen molar-refractivity contribution >= 4 is 23.5 Å². The van der Waals surface area contributed by atoms with E-state index in [0.717, 1.165) is 11.1 Å². The van der Waals surface area contributed by atoms with E-state index in [1.807, 2.05) is 12.1 Å². The lowest BCUT2D eigenvalue weighted by molar-refractivity contribution is -0.117. The number of anilines is 1. The Balaban J connectivity index is 1.62. The van der Waals surface area contributed by atoms with Crippen molar-refractivity contribution in [3.63, 3.8) is 0 Å². The van der Waals surface area contributed by atoms with Crippen LogP contribution in [-0.4, -0.2) is 32.1 Å². The van der Waals surface area contributed by atoms with Crippen LogP contribution in [0.1, 0.15) is 5.56 Å². The lowest BCUT2D eigenvalue weighted by atomic mass is 10.1. The van der Waals surface area contributed by atoms with Gasteiger partial charge < -0.3 is 5.73 Å². The highest BCUT2D eigenvalue weighted by molar-refractivity contribution is 6.30. The summed E-state index contributed by atoms with van der Waals surface area (Å²) in [5, 5.41) is 9.98. The van der Waals surface area contributed by atoms with Gasteiger partial charge in [-0.2, -0.15) is 4.98 Å². The first-order valence-electron chi connectivity index (χ1n) is 7.25. The van der Waals surface area contributed by atoms with Crippen LogP contribution in [0.5, 0.6) is 0 Å². The largest absolute Gasteiger partial charge is 0.320 e. The number of carbonyl (C=O) groups is 1. The highest BCUT2D eigenvalue weighted by Gasteiger charge is 2.16. The minimum Gasteiger partial charge on any atom is -0.320 e. The van der Waals surface area contributed by atoms with E-state index in [-0.39, 0.29) is 11.9 Å². The highest BCUT2D eigenvalue weighted by atomic mass is 35.5. The molecule has 24 heavy (non-hydrogen) atoms. The molecule has 3 rings (SSSR count). The van der Waals surface area contributed by atoms with Crippen molar-refractivity contribution in [3.8, 4) is 11.4 Å². The van der Waals surface area contributed by atoms with Crippen LogP contribution in [0.2, 0.25) is 5.02 Å². The lowest BCUT2D eigenvalue weighted by Crippen LogP contribution is -2.37. The van der Waals surface area contributed by atoms with Gasteiger partial charge in [0.05, 0.1) is 6.04 Å². The molecule has 0 saturated carbocycles. The third-order valence-electron chi connectivity index (χ3n) is 3.38. The van der Waals surface area contributed by atoms with Crippen molar-refractivity contribution in [2.24, 2.45) is 5.73 Å². The molecule has 0 aliphatic heterocycles. The van der Waals surface area contributed by atoms with Crippen LogP contribution in [0.15, 0.2) is 48.8 Å². The molecule has 0 fully saturated rings. The number of amides is 1. The van der Waals surface area contributed by atoms with Crippen molar-refractivity contribution in [1.82, 2.24) is 20.2 Å². The summed E-state index contributed by atoms with van der Waals surface area (Å²) >= 11 is 5.84. The first-order valence-corrected chi connectivity index (χ1v) is 7.63. The Hall–Kier alpha value is -2.77. The number of pyridine rings is 1. The Bertz CT molecular complexity index is 818. The molecule has 0 radical (unpaired) electrons. The Labute approximate surface area is 143 Å². The summed E-state index contributed by atoms with van der Waals surface area (Å²) in [4.78, 5) is 20.3. The molecular formula is C16H15ClN6O. The summed E-state index contributed by atoms with van der Waals surface area (Å²) in [5.41, 5.74) is 7.68. The van der Waals surface area contributed by atoms with Gasteiger partial charge in [-0.1, -0.05) is 23.7 Å². The molecule has 4 N–H and O–H groups in total. The van der Waals surface area contributed by atoms with E-state index >= 15 is 0 Å². The molecule has 0 spiro atoms. The van der Waals surface area contributed by atoms with Crippen LogP contribution in [-0.2, 0) is 11.2 Å². The number of hydrogen-bond donors (Lipinski definition) is 3. The van der Waals surface area contributed by atoms with Crippen LogP contribution >= 0.6 is 11.6 Å². The van der Waals surface area contributed by atoms with E-state index in [0.29, 0.717) is 17.3 Å². The van der Waals surface area contributed by atoms with Crippen LogP contribution in [0.3, 0.4) is 0 Å². The fraction of sp³-hybridized carbons (Fsp3) is 0.125. The molecule has 8 heteroatoms. The molecule has 2 aromatic heterocycles. The summed E-state index contributed by atoms with van der Waals surface area (Å²) in [6, 6.07) is 10.1. The Kier molecular flexibility index (Phi) is 4.83. The van der Waals surface area contributed by atoms with E-state index in [9.17, 15) is 4.79 Å². The second-order valence-corrected chi connectivity index (χ2v) is 5.61. The van der Waals surface area contributed by atoms with Crippen molar-refractivity contribution in [3.05, 3.63) is 59.4 Å². The number of rotatable bonds is 5. The van der Waals surface area contributed by atoms with Crippen molar-refractivity contribution < 1.29 is 4.79 Å².